The average molecular weight is 188 g/mol. The lowest BCUT2D eigenvalue weighted by Gasteiger charge is -2.26. The van der Waals surface area contributed by atoms with Gasteiger partial charge in [-0.3, -0.25) is 4.79 Å². The Kier molecular flexibility index (Phi) is 2.15. The van der Waals surface area contributed by atoms with Crippen molar-refractivity contribution in [1.29, 1.82) is 0 Å². The summed E-state index contributed by atoms with van der Waals surface area (Å²) in [6.45, 7) is 1.63. The molecule has 3 nitrogen and oxygen atoms in total. The second-order valence-electron chi connectivity index (χ2n) is 2.97. The Labute approximate surface area is 75.5 Å². The third kappa shape index (κ3) is 1.61. The summed E-state index contributed by atoms with van der Waals surface area (Å²) in [5.41, 5.74) is 5.97. The van der Waals surface area contributed by atoms with Crippen LogP contribution in [0.15, 0.2) is 23.9 Å². The number of allylic oxidation sites excluding steroid dienone is 2. The fourth-order valence-electron chi connectivity index (χ4n) is 1.18. The maximum atomic E-state index is 10.7. The highest BCUT2D eigenvalue weighted by atomic mass is 35.5. The lowest BCUT2D eigenvalue weighted by atomic mass is 9.88. The minimum atomic E-state index is -0.937. The normalized spacial score (nSPS) is 34.5. The highest BCUT2D eigenvalue weighted by Gasteiger charge is 2.35. The van der Waals surface area contributed by atoms with E-state index in [4.69, 9.17) is 22.4 Å². The van der Waals surface area contributed by atoms with Crippen LogP contribution in [0.25, 0.3) is 0 Å². The average Bonchev–Trinajstić information content (AvgIpc) is 1.82. The second kappa shape index (κ2) is 2.83. The molecule has 0 spiro atoms. The minimum absolute atomic E-state index is 0.505. The standard InChI is InChI=1S/C8H10ClNO2/c1-8(9)4-5(10)2-3-6(8)7(11)12/h2-4,6H,10H2,1H3,(H,11,12). The van der Waals surface area contributed by atoms with Gasteiger partial charge in [-0.25, -0.2) is 0 Å². The SMILES string of the molecule is CC1(Cl)C=C(N)C=CC1C(=O)O. The number of carbonyl (C=O) groups is 1. The van der Waals surface area contributed by atoms with E-state index in [0.29, 0.717) is 5.70 Å². The molecule has 0 amide bonds. The second-order valence-corrected chi connectivity index (χ2v) is 3.78. The third-order valence-electron chi connectivity index (χ3n) is 1.80. The van der Waals surface area contributed by atoms with Crippen molar-refractivity contribution in [2.45, 2.75) is 11.8 Å². The number of rotatable bonds is 1. The lowest BCUT2D eigenvalue weighted by molar-refractivity contribution is -0.140. The molecule has 0 heterocycles. The third-order valence-corrected chi connectivity index (χ3v) is 2.15. The molecule has 1 aliphatic carbocycles. The van der Waals surface area contributed by atoms with E-state index in [-0.39, 0.29) is 0 Å². The Balaban J connectivity index is 2.96. The van der Waals surface area contributed by atoms with E-state index in [9.17, 15) is 4.79 Å². The maximum absolute atomic E-state index is 10.7. The Morgan fingerprint density at radius 2 is 2.42 bits per heavy atom. The van der Waals surface area contributed by atoms with Gasteiger partial charge in [0, 0.05) is 5.70 Å². The number of nitrogens with two attached hydrogens (primary N) is 1. The minimum Gasteiger partial charge on any atom is -0.481 e. The van der Waals surface area contributed by atoms with Gasteiger partial charge in [0.15, 0.2) is 0 Å². The molecule has 12 heavy (non-hydrogen) atoms. The van der Waals surface area contributed by atoms with Crippen molar-refractivity contribution in [3.8, 4) is 0 Å². The maximum Gasteiger partial charge on any atom is 0.312 e. The number of halogens is 1. The van der Waals surface area contributed by atoms with E-state index < -0.39 is 16.8 Å². The van der Waals surface area contributed by atoms with Gasteiger partial charge in [-0.1, -0.05) is 6.08 Å². The summed E-state index contributed by atoms with van der Waals surface area (Å²) in [7, 11) is 0. The van der Waals surface area contributed by atoms with Crippen molar-refractivity contribution in [2.75, 3.05) is 0 Å². The summed E-state index contributed by atoms with van der Waals surface area (Å²) < 4.78 is 0. The molecular weight excluding hydrogens is 178 g/mol. The van der Waals surface area contributed by atoms with Gasteiger partial charge in [-0.05, 0) is 19.1 Å². The zero-order valence-electron chi connectivity index (χ0n) is 6.62. The molecule has 0 saturated carbocycles. The van der Waals surface area contributed by atoms with E-state index in [2.05, 4.69) is 0 Å². The number of alkyl halides is 1. The van der Waals surface area contributed by atoms with Crippen LogP contribution in [0.3, 0.4) is 0 Å². The van der Waals surface area contributed by atoms with Crippen LogP contribution in [0.2, 0.25) is 0 Å². The fourth-order valence-corrected chi connectivity index (χ4v) is 1.48. The molecule has 66 valence electrons. The van der Waals surface area contributed by atoms with E-state index in [1.807, 2.05) is 0 Å². The highest BCUT2D eigenvalue weighted by molar-refractivity contribution is 6.26. The molecule has 0 aliphatic heterocycles. The van der Waals surface area contributed by atoms with Crippen LogP contribution in [0.4, 0.5) is 0 Å². The molecule has 2 unspecified atom stereocenters. The van der Waals surface area contributed by atoms with Gasteiger partial charge in [0.05, 0.1) is 10.8 Å². The molecule has 4 heteroatoms. The number of carboxylic acid groups (broad SMARTS) is 1. The van der Waals surface area contributed by atoms with Crippen molar-refractivity contribution in [3.05, 3.63) is 23.9 Å². The molecule has 2 atom stereocenters. The number of hydrogen-bond donors (Lipinski definition) is 2. The van der Waals surface area contributed by atoms with Crippen molar-refractivity contribution in [1.82, 2.24) is 0 Å². The highest BCUT2D eigenvalue weighted by Crippen LogP contribution is 2.32. The van der Waals surface area contributed by atoms with Gasteiger partial charge in [0.1, 0.15) is 0 Å². The van der Waals surface area contributed by atoms with Crippen molar-refractivity contribution in [3.63, 3.8) is 0 Å². The van der Waals surface area contributed by atoms with Crippen LogP contribution in [0.1, 0.15) is 6.92 Å². The molecule has 1 rings (SSSR count). The van der Waals surface area contributed by atoms with E-state index in [1.165, 1.54) is 6.08 Å². The predicted octanol–water partition coefficient (Wildman–Crippen LogP) is 1.10. The van der Waals surface area contributed by atoms with Crippen LogP contribution < -0.4 is 5.73 Å². The van der Waals surface area contributed by atoms with Crippen molar-refractivity contribution >= 4 is 17.6 Å². The van der Waals surface area contributed by atoms with Crippen LogP contribution in [-0.2, 0) is 4.79 Å². The Morgan fingerprint density at radius 3 is 2.83 bits per heavy atom. The van der Waals surface area contributed by atoms with Crippen LogP contribution >= 0.6 is 11.6 Å². The monoisotopic (exact) mass is 187 g/mol. The van der Waals surface area contributed by atoms with Gasteiger partial charge < -0.3 is 10.8 Å². The number of hydrogen-bond acceptors (Lipinski definition) is 2. The summed E-state index contributed by atoms with van der Waals surface area (Å²) in [6.07, 6.45) is 4.61. The van der Waals surface area contributed by atoms with Gasteiger partial charge >= 0.3 is 5.97 Å². The first-order chi connectivity index (χ1) is 5.43. The van der Waals surface area contributed by atoms with E-state index >= 15 is 0 Å². The van der Waals surface area contributed by atoms with Crippen molar-refractivity contribution < 1.29 is 9.90 Å². The molecule has 0 saturated heterocycles. The molecule has 0 radical (unpaired) electrons. The summed E-state index contributed by atoms with van der Waals surface area (Å²) >= 11 is 5.94. The predicted molar refractivity (Wildman–Crippen MR) is 46.8 cm³/mol. The zero-order valence-corrected chi connectivity index (χ0v) is 7.38. The molecule has 0 bridgehead atoms. The Morgan fingerprint density at radius 1 is 1.83 bits per heavy atom. The van der Waals surface area contributed by atoms with Gasteiger partial charge in [0.2, 0.25) is 0 Å². The molecule has 0 aromatic rings. The molecular formula is C8H10ClNO2. The summed E-state index contributed by atoms with van der Waals surface area (Å²) in [5, 5.41) is 8.75. The largest absolute Gasteiger partial charge is 0.481 e. The van der Waals surface area contributed by atoms with Gasteiger partial charge in [-0.2, -0.15) is 0 Å². The Hall–Kier alpha value is -0.960. The summed E-state index contributed by atoms with van der Waals surface area (Å²) in [4.78, 5) is 9.76. The Bertz CT molecular complexity index is 268. The first kappa shape index (κ1) is 9.13. The van der Waals surface area contributed by atoms with Crippen LogP contribution in [0.5, 0.6) is 0 Å². The first-order valence-corrected chi connectivity index (χ1v) is 3.89. The molecule has 3 N–H and O–H groups in total. The van der Waals surface area contributed by atoms with E-state index in [1.54, 1.807) is 19.1 Å². The quantitative estimate of drug-likeness (QED) is 0.605. The molecule has 0 aromatic carbocycles. The first-order valence-electron chi connectivity index (χ1n) is 3.52. The lowest BCUT2D eigenvalue weighted by Crippen LogP contribution is -2.34. The molecule has 1 aliphatic rings. The summed E-state index contributed by atoms with van der Waals surface area (Å²) in [6, 6.07) is 0. The topological polar surface area (TPSA) is 63.3 Å². The number of carboxylic acids is 1. The van der Waals surface area contributed by atoms with Crippen LogP contribution in [0, 0.1) is 5.92 Å². The molecule has 0 aromatic heterocycles. The summed E-state index contributed by atoms with van der Waals surface area (Å²) in [5.74, 6) is -1.64. The number of aliphatic carboxylic acids is 1. The molecule has 0 fully saturated rings. The smallest absolute Gasteiger partial charge is 0.312 e. The van der Waals surface area contributed by atoms with Crippen LogP contribution in [-0.4, -0.2) is 16.0 Å². The fraction of sp³-hybridized carbons (Fsp3) is 0.375. The van der Waals surface area contributed by atoms with Crippen molar-refractivity contribution in [2.24, 2.45) is 11.7 Å². The van der Waals surface area contributed by atoms with Gasteiger partial charge in [0.25, 0.3) is 0 Å². The van der Waals surface area contributed by atoms with E-state index in [0.717, 1.165) is 0 Å². The zero-order chi connectivity index (χ0) is 9.35. The van der Waals surface area contributed by atoms with Gasteiger partial charge in [-0.15, -0.1) is 11.6 Å².